The molecule has 0 aromatic carbocycles. The second-order valence-corrected chi connectivity index (χ2v) is 8.54. The van der Waals surface area contributed by atoms with Gasteiger partial charge in [-0.15, -0.1) is 0 Å². The molecule has 4 heterocycles. The molecule has 2 aliphatic heterocycles. The summed E-state index contributed by atoms with van der Waals surface area (Å²) in [5.74, 6) is 1.50. The molecule has 2 saturated heterocycles. The third-order valence-electron chi connectivity index (χ3n) is 6.62. The summed E-state index contributed by atoms with van der Waals surface area (Å²) in [4.78, 5) is 31.5. The minimum absolute atomic E-state index is 0.132. The highest BCUT2D eigenvalue weighted by Crippen LogP contribution is 2.34. The zero-order valence-electron chi connectivity index (χ0n) is 18.3. The van der Waals surface area contributed by atoms with Crippen LogP contribution in [0, 0.1) is 5.92 Å². The van der Waals surface area contributed by atoms with Gasteiger partial charge in [-0.1, -0.05) is 19.9 Å². The lowest BCUT2D eigenvalue weighted by Gasteiger charge is -2.35. The summed E-state index contributed by atoms with van der Waals surface area (Å²) in [6, 6.07) is 4.03. The van der Waals surface area contributed by atoms with Crippen molar-refractivity contribution in [3.8, 4) is 11.1 Å². The molecular weight excluding hydrogens is 374 g/mol. The van der Waals surface area contributed by atoms with Crippen molar-refractivity contribution in [1.82, 2.24) is 19.9 Å². The van der Waals surface area contributed by atoms with E-state index in [1.165, 1.54) is 12.8 Å². The summed E-state index contributed by atoms with van der Waals surface area (Å²) in [5.41, 5.74) is 3.17. The van der Waals surface area contributed by atoms with Gasteiger partial charge in [0.2, 0.25) is 11.9 Å². The predicted octanol–water partition coefficient (Wildman–Crippen LogP) is 4.28. The molecule has 0 saturated carbocycles. The summed E-state index contributed by atoms with van der Waals surface area (Å²) < 4.78 is 0. The van der Waals surface area contributed by atoms with Gasteiger partial charge in [-0.25, -0.2) is 9.97 Å². The van der Waals surface area contributed by atoms with Gasteiger partial charge < -0.3 is 9.80 Å². The highest BCUT2D eigenvalue weighted by atomic mass is 16.2. The molecule has 6 heteroatoms. The minimum Gasteiger partial charge on any atom is -0.342 e. The fourth-order valence-corrected chi connectivity index (χ4v) is 4.81. The summed E-state index contributed by atoms with van der Waals surface area (Å²) in [6.07, 6.45) is 11.9. The Morgan fingerprint density at radius 1 is 1.13 bits per heavy atom. The van der Waals surface area contributed by atoms with Crippen molar-refractivity contribution >= 4 is 11.9 Å². The van der Waals surface area contributed by atoms with Gasteiger partial charge in [0.15, 0.2) is 0 Å². The van der Waals surface area contributed by atoms with Crippen LogP contribution in [0.5, 0.6) is 0 Å². The Balaban J connectivity index is 1.66. The first-order chi connectivity index (χ1) is 14.7. The van der Waals surface area contributed by atoms with Gasteiger partial charge >= 0.3 is 0 Å². The predicted molar refractivity (Wildman–Crippen MR) is 119 cm³/mol. The van der Waals surface area contributed by atoms with E-state index in [1.54, 1.807) is 6.20 Å². The van der Waals surface area contributed by atoms with Crippen molar-refractivity contribution in [2.75, 3.05) is 31.1 Å². The van der Waals surface area contributed by atoms with Gasteiger partial charge in [0.1, 0.15) is 0 Å². The molecule has 6 nitrogen and oxygen atoms in total. The molecule has 1 amide bonds. The second kappa shape index (κ2) is 9.54. The third-order valence-corrected chi connectivity index (χ3v) is 6.62. The quantitative estimate of drug-likeness (QED) is 0.715. The van der Waals surface area contributed by atoms with Crippen molar-refractivity contribution in [3.05, 3.63) is 36.4 Å². The number of pyridine rings is 1. The van der Waals surface area contributed by atoms with Crippen molar-refractivity contribution in [1.29, 1.82) is 0 Å². The van der Waals surface area contributed by atoms with Crippen LogP contribution in [-0.2, 0) is 4.79 Å². The normalized spacial score (nSPS) is 19.5. The molecule has 0 aliphatic carbocycles. The minimum atomic E-state index is 0.132. The van der Waals surface area contributed by atoms with E-state index in [0.717, 1.165) is 74.6 Å². The Hall–Kier alpha value is -2.50. The SMILES string of the molecule is CCC(CC)C(=O)N1CCCC(c2nc(N3CCCC3)ncc2-c2cccnc2)C1. The number of carbonyl (C=O) groups is 1. The molecule has 30 heavy (non-hydrogen) atoms. The van der Waals surface area contributed by atoms with Crippen molar-refractivity contribution in [3.63, 3.8) is 0 Å². The van der Waals surface area contributed by atoms with E-state index < -0.39 is 0 Å². The number of rotatable bonds is 6. The van der Waals surface area contributed by atoms with Crippen LogP contribution in [0.4, 0.5) is 5.95 Å². The Morgan fingerprint density at radius 3 is 2.63 bits per heavy atom. The molecule has 2 aromatic heterocycles. The first-order valence-electron chi connectivity index (χ1n) is 11.5. The van der Waals surface area contributed by atoms with Crippen LogP contribution >= 0.6 is 0 Å². The average Bonchev–Trinajstić information content (AvgIpc) is 3.35. The number of hydrogen-bond donors (Lipinski definition) is 0. The molecule has 160 valence electrons. The largest absolute Gasteiger partial charge is 0.342 e. The van der Waals surface area contributed by atoms with E-state index in [4.69, 9.17) is 9.97 Å². The fourth-order valence-electron chi connectivity index (χ4n) is 4.81. The van der Waals surface area contributed by atoms with Gasteiger partial charge in [0.05, 0.1) is 5.69 Å². The number of anilines is 1. The average molecular weight is 408 g/mol. The highest BCUT2D eigenvalue weighted by molar-refractivity contribution is 5.79. The maximum Gasteiger partial charge on any atom is 0.225 e. The van der Waals surface area contributed by atoms with Crippen molar-refractivity contribution < 1.29 is 4.79 Å². The van der Waals surface area contributed by atoms with E-state index >= 15 is 0 Å². The maximum absolute atomic E-state index is 13.0. The molecule has 4 rings (SSSR count). The monoisotopic (exact) mass is 407 g/mol. The number of amides is 1. The zero-order chi connectivity index (χ0) is 20.9. The maximum atomic E-state index is 13.0. The molecule has 2 fully saturated rings. The second-order valence-electron chi connectivity index (χ2n) is 8.54. The molecule has 2 aliphatic rings. The summed E-state index contributed by atoms with van der Waals surface area (Å²) in [6.45, 7) is 7.88. The Morgan fingerprint density at radius 2 is 1.93 bits per heavy atom. The summed E-state index contributed by atoms with van der Waals surface area (Å²) >= 11 is 0. The van der Waals surface area contributed by atoms with Crippen LogP contribution in [-0.4, -0.2) is 51.9 Å². The molecule has 1 unspecified atom stereocenters. The summed E-state index contributed by atoms with van der Waals surface area (Å²) in [7, 11) is 0. The molecule has 0 radical (unpaired) electrons. The van der Waals surface area contributed by atoms with Crippen LogP contribution < -0.4 is 4.90 Å². The van der Waals surface area contributed by atoms with Crippen LogP contribution in [0.15, 0.2) is 30.7 Å². The van der Waals surface area contributed by atoms with E-state index in [1.807, 2.05) is 18.5 Å². The van der Waals surface area contributed by atoms with E-state index in [9.17, 15) is 4.79 Å². The van der Waals surface area contributed by atoms with Crippen LogP contribution in [0.2, 0.25) is 0 Å². The number of carbonyl (C=O) groups excluding carboxylic acids is 1. The lowest BCUT2D eigenvalue weighted by atomic mass is 9.89. The smallest absolute Gasteiger partial charge is 0.225 e. The van der Waals surface area contributed by atoms with E-state index in [0.29, 0.717) is 5.91 Å². The van der Waals surface area contributed by atoms with E-state index in [2.05, 4.69) is 34.7 Å². The molecule has 2 aromatic rings. The molecule has 0 N–H and O–H groups in total. The highest BCUT2D eigenvalue weighted by Gasteiger charge is 2.31. The fraction of sp³-hybridized carbons (Fsp3) is 0.583. The van der Waals surface area contributed by atoms with Gasteiger partial charge in [-0.2, -0.15) is 0 Å². The van der Waals surface area contributed by atoms with Crippen LogP contribution in [0.3, 0.4) is 0 Å². The first kappa shape index (κ1) is 20.8. The Labute approximate surface area is 179 Å². The molecule has 0 bridgehead atoms. The van der Waals surface area contributed by atoms with Crippen molar-refractivity contribution in [2.24, 2.45) is 5.92 Å². The number of piperidine rings is 1. The third kappa shape index (κ3) is 4.32. The van der Waals surface area contributed by atoms with E-state index in [-0.39, 0.29) is 11.8 Å². The van der Waals surface area contributed by atoms with Gasteiger partial charge in [0.25, 0.3) is 0 Å². The van der Waals surface area contributed by atoms with Gasteiger partial charge in [-0.05, 0) is 44.6 Å². The Kier molecular flexibility index (Phi) is 6.60. The van der Waals surface area contributed by atoms with Crippen LogP contribution in [0.25, 0.3) is 11.1 Å². The molecular formula is C24H33N5O. The standard InChI is InChI=1S/C24H33N5O/c1-3-18(4-2)23(30)29-14-8-10-20(17-29)22-21(19-9-7-11-25-15-19)16-26-24(27-22)28-12-5-6-13-28/h7,9,11,15-16,18,20H,3-6,8,10,12-14,17H2,1-2H3. The van der Waals surface area contributed by atoms with Gasteiger partial charge in [0, 0.05) is 67.7 Å². The number of nitrogens with zero attached hydrogens (tertiary/aromatic N) is 5. The lowest BCUT2D eigenvalue weighted by Crippen LogP contribution is -2.42. The molecule has 0 spiro atoms. The van der Waals surface area contributed by atoms with Crippen molar-refractivity contribution in [2.45, 2.75) is 58.3 Å². The number of aromatic nitrogens is 3. The summed E-state index contributed by atoms with van der Waals surface area (Å²) in [5, 5.41) is 0. The number of hydrogen-bond acceptors (Lipinski definition) is 5. The van der Waals surface area contributed by atoms with Crippen LogP contribution in [0.1, 0.15) is 64.0 Å². The Bertz CT molecular complexity index is 846. The molecule has 1 atom stereocenters. The zero-order valence-corrected chi connectivity index (χ0v) is 18.3. The lowest BCUT2D eigenvalue weighted by molar-refractivity contribution is -0.137. The topological polar surface area (TPSA) is 62.2 Å². The number of likely N-dealkylation sites (tertiary alicyclic amines) is 1. The van der Waals surface area contributed by atoms with Gasteiger partial charge in [-0.3, -0.25) is 9.78 Å². The first-order valence-corrected chi connectivity index (χ1v) is 11.5.